The molecule has 1 aliphatic rings. The van der Waals surface area contributed by atoms with Crippen LogP contribution >= 0.6 is 0 Å². The van der Waals surface area contributed by atoms with Crippen LogP contribution in [-0.4, -0.2) is 16.6 Å². The first kappa shape index (κ1) is 12.2. The highest BCUT2D eigenvalue weighted by molar-refractivity contribution is 5.79. The normalized spacial score (nSPS) is 29.1. The van der Waals surface area contributed by atoms with Gasteiger partial charge in [-0.15, -0.1) is 0 Å². The third kappa shape index (κ3) is 2.69. The molecule has 94 valence electrons. The Morgan fingerprint density at radius 3 is 3.12 bits per heavy atom. The van der Waals surface area contributed by atoms with Crippen molar-refractivity contribution < 1.29 is 14.3 Å². The van der Waals surface area contributed by atoms with E-state index in [0.717, 1.165) is 18.6 Å². The number of furan rings is 1. The van der Waals surface area contributed by atoms with Crippen LogP contribution in [0.2, 0.25) is 0 Å². The van der Waals surface area contributed by atoms with Crippen molar-refractivity contribution in [3.63, 3.8) is 0 Å². The molecule has 4 nitrogen and oxygen atoms in total. The molecule has 2 atom stereocenters. The Hall–Kier alpha value is -1.29. The summed E-state index contributed by atoms with van der Waals surface area (Å²) in [5, 5.41) is 12.6. The summed E-state index contributed by atoms with van der Waals surface area (Å²) in [6.45, 7) is 2.59. The van der Waals surface area contributed by atoms with Crippen molar-refractivity contribution in [1.29, 1.82) is 0 Å². The molecule has 0 bridgehead atoms. The van der Waals surface area contributed by atoms with Crippen LogP contribution in [0.5, 0.6) is 0 Å². The van der Waals surface area contributed by atoms with Crippen molar-refractivity contribution >= 4 is 5.97 Å². The number of carbonyl (C=O) groups is 1. The highest BCUT2D eigenvalue weighted by Crippen LogP contribution is 2.32. The van der Waals surface area contributed by atoms with Crippen LogP contribution < -0.4 is 5.32 Å². The van der Waals surface area contributed by atoms with Crippen molar-refractivity contribution in [2.24, 2.45) is 5.92 Å². The predicted octanol–water partition coefficient (Wildman–Crippen LogP) is 2.40. The lowest BCUT2D eigenvalue weighted by Crippen LogP contribution is -2.54. The fraction of sp³-hybridized carbons (Fsp3) is 0.615. The summed E-state index contributed by atoms with van der Waals surface area (Å²) in [5.74, 6) is 0.503. The maximum Gasteiger partial charge on any atom is 0.323 e. The quantitative estimate of drug-likeness (QED) is 0.844. The lowest BCUT2D eigenvalue weighted by atomic mass is 9.76. The van der Waals surface area contributed by atoms with Gasteiger partial charge in [-0.2, -0.15) is 0 Å². The number of carboxylic acid groups (broad SMARTS) is 1. The minimum absolute atomic E-state index is 0.462. The van der Waals surface area contributed by atoms with Crippen molar-refractivity contribution in [2.45, 2.75) is 44.7 Å². The summed E-state index contributed by atoms with van der Waals surface area (Å²) < 4.78 is 5.22. The van der Waals surface area contributed by atoms with E-state index in [-0.39, 0.29) is 0 Å². The minimum atomic E-state index is -0.773. The first-order valence-corrected chi connectivity index (χ1v) is 6.13. The van der Waals surface area contributed by atoms with Gasteiger partial charge in [-0.1, -0.05) is 19.8 Å². The van der Waals surface area contributed by atoms with E-state index in [2.05, 4.69) is 12.2 Å². The number of carboxylic acids is 1. The second-order valence-corrected chi connectivity index (χ2v) is 5.02. The van der Waals surface area contributed by atoms with Crippen LogP contribution in [0.1, 0.15) is 38.4 Å². The third-order valence-corrected chi connectivity index (χ3v) is 3.59. The van der Waals surface area contributed by atoms with Gasteiger partial charge in [0.2, 0.25) is 0 Å². The Morgan fingerprint density at radius 1 is 1.71 bits per heavy atom. The molecule has 1 heterocycles. The van der Waals surface area contributed by atoms with Gasteiger partial charge in [0.1, 0.15) is 11.3 Å². The molecule has 4 heteroatoms. The van der Waals surface area contributed by atoms with Crippen LogP contribution in [0.4, 0.5) is 0 Å². The number of nitrogens with one attached hydrogen (secondary N) is 1. The summed E-state index contributed by atoms with van der Waals surface area (Å²) in [7, 11) is 0. The van der Waals surface area contributed by atoms with Crippen molar-refractivity contribution in [3.8, 4) is 0 Å². The fourth-order valence-corrected chi connectivity index (χ4v) is 2.65. The van der Waals surface area contributed by atoms with Crippen LogP contribution in [-0.2, 0) is 11.3 Å². The SMILES string of the molecule is CC1CCCC(NCc2ccco2)(C(=O)O)C1. The number of aliphatic carboxylic acids is 1. The smallest absolute Gasteiger partial charge is 0.323 e. The molecule has 0 radical (unpaired) electrons. The summed E-state index contributed by atoms with van der Waals surface area (Å²) in [4.78, 5) is 11.5. The molecule has 0 spiro atoms. The molecular formula is C13H19NO3. The molecular weight excluding hydrogens is 218 g/mol. The van der Waals surface area contributed by atoms with E-state index in [1.807, 2.05) is 12.1 Å². The zero-order valence-corrected chi connectivity index (χ0v) is 10.1. The summed E-state index contributed by atoms with van der Waals surface area (Å²) in [6.07, 6.45) is 5.10. The van der Waals surface area contributed by atoms with Crippen molar-refractivity contribution in [2.75, 3.05) is 0 Å². The molecule has 2 rings (SSSR count). The molecule has 2 N–H and O–H groups in total. The largest absolute Gasteiger partial charge is 0.480 e. The van der Waals surface area contributed by atoms with Crippen molar-refractivity contribution in [3.05, 3.63) is 24.2 Å². The van der Waals surface area contributed by atoms with Crippen LogP contribution in [0, 0.1) is 5.92 Å². The van der Waals surface area contributed by atoms with Gasteiger partial charge < -0.3 is 9.52 Å². The van der Waals surface area contributed by atoms with E-state index in [1.165, 1.54) is 0 Å². The van der Waals surface area contributed by atoms with Gasteiger partial charge in [-0.05, 0) is 30.9 Å². The molecule has 1 fully saturated rings. The summed E-state index contributed by atoms with van der Waals surface area (Å²) in [6, 6.07) is 3.67. The van der Waals surface area contributed by atoms with E-state index in [9.17, 15) is 9.90 Å². The fourth-order valence-electron chi connectivity index (χ4n) is 2.65. The van der Waals surface area contributed by atoms with Gasteiger partial charge >= 0.3 is 5.97 Å². The Labute approximate surface area is 101 Å². The number of rotatable bonds is 4. The summed E-state index contributed by atoms with van der Waals surface area (Å²) in [5.41, 5.74) is -0.773. The van der Waals surface area contributed by atoms with Crippen LogP contribution in [0.25, 0.3) is 0 Å². The summed E-state index contributed by atoms with van der Waals surface area (Å²) >= 11 is 0. The minimum Gasteiger partial charge on any atom is -0.480 e. The number of hydrogen-bond acceptors (Lipinski definition) is 3. The van der Waals surface area contributed by atoms with Gasteiger partial charge in [0.25, 0.3) is 0 Å². The predicted molar refractivity (Wildman–Crippen MR) is 63.5 cm³/mol. The Kier molecular flexibility index (Phi) is 3.52. The molecule has 0 aliphatic heterocycles. The molecule has 0 amide bonds. The monoisotopic (exact) mass is 237 g/mol. The van der Waals surface area contributed by atoms with Gasteiger partial charge in [0.15, 0.2) is 0 Å². The van der Waals surface area contributed by atoms with Gasteiger partial charge in [0.05, 0.1) is 12.8 Å². The molecule has 2 unspecified atom stereocenters. The van der Waals surface area contributed by atoms with Gasteiger partial charge in [0, 0.05) is 0 Å². The third-order valence-electron chi connectivity index (χ3n) is 3.59. The van der Waals surface area contributed by atoms with E-state index in [0.29, 0.717) is 25.3 Å². The Bertz CT molecular complexity index is 374. The second-order valence-electron chi connectivity index (χ2n) is 5.02. The topological polar surface area (TPSA) is 62.5 Å². The Balaban J connectivity index is 2.03. The van der Waals surface area contributed by atoms with Crippen LogP contribution in [0.3, 0.4) is 0 Å². The molecule has 1 aromatic heterocycles. The molecule has 0 saturated heterocycles. The van der Waals surface area contributed by atoms with E-state index in [4.69, 9.17) is 4.42 Å². The molecule has 1 aliphatic carbocycles. The van der Waals surface area contributed by atoms with Crippen molar-refractivity contribution in [1.82, 2.24) is 5.32 Å². The standard InChI is InChI=1S/C13H19NO3/c1-10-4-2-6-13(8-10,12(15)16)14-9-11-5-3-7-17-11/h3,5,7,10,14H,2,4,6,8-9H2,1H3,(H,15,16). The Morgan fingerprint density at radius 2 is 2.53 bits per heavy atom. The first-order valence-electron chi connectivity index (χ1n) is 6.13. The van der Waals surface area contributed by atoms with E-state index >= 15 is 0 Å². The van der Waals surface area contributed by atoms with E-state index < -0.39 is 11.5 Å². The molecule has 0 aromatic carbocycles. The zero-order chi connectivity index (χ0) is 12.3. The highest BCUT2D eigenvalue weighted by Gasteiger charge is 2.41. The highest BCUT2D eigenvalue weighted by atomic mass is 16.4. The van der Waals surface area contributed by atoms with Gasteiger partial charge in [-0.25, -0.2) is 0 Å². The lowest BCUT2D eigenvalue weighted by molar-refractivity contribution is -0.147. The molecule has 1 aromatic rings. The first-order chi connectivity index (χ1) is 8.12. The number of hydrogen-bond donors (Lipinski definition) is 2. The van der Waals surface area contributed by atoms with E-state index in [1.54, 1.807) is 6.26 Å². The molecule has 1 saturated carbocycles. The second kappa shape index (κ2) is 4.92. The lowest BCUT2D eigenvalue weighted by Gasteiger charge is -2.37. The van der Waals surface area contributed by atoms with Gasteiger partial charge in [-0.3, -0.25) is 10.1 Å². The van der Waals surface area contributed by atoms with Crippen LogP contribution in [0.15, 0.2) is 22.8 Å². The average Bonchev–Trinajstić information content (AvgIpc) is 2.79. The maximum absolute atomic E-state index is 11.5. The zero-order valence-electron chi connectivity index (χ0n) is 10.1. The average molecular weight is 237 g/mol. The molecule has 17 heavy (non-hydrogen) atoms. The maximum atomic E-state index is 11.5.